The number of aryl methyl sites for hydroxylation is 2. The molecule has 1 aromatic heterocycles. The molecular weight excluding hydrogens is 402 g/mol. The molecule has 2 aromatic rings. The lowest BCUT2D eigenvalue weighted by molar-refractivity contribution is 0.0499. The van der Waals surface area contributed by atoms with Gasteiger partial charge in [-0.1, -0.05) is 19.4 Å². The van der Waals surface area contributed by atoms with E-state index in [1.165, 1.54) is 11.1 Å². The van der Waals surface area contributed by atoms with E-state index in [-0.39, 0.29) is 10.0 Å². The van der Waals surface area contributed by atoms with Crippen molar-refractivity contribution in [3.05, 3.63) is 58.9 Å². The van der Waals surface area contributed by atoms with Crippen molar-refractivity contribution in [1.82, 2.24) is 4.98 Å². The van der Waals surface area contributed by atoms with Crippen LogP contribution in [-0.2, 0) is 21.7 Å². The van der Waals surface area contributed by atoms with Crippen LogP contribution in [0.15, 0.2) is 36.5 Å². The van der Waals surface area contributed by atoms with E-state index in [2.05, 4.69) is 42.6 Å². The van der Waals surface area contributed by atoms with E-state index in [4.69, 9.17) is 9.47 Å². The van der Waals surface area contributed by atoms with Gasteiger partial charge in [0.15, 0.2) is 0 Å². The average Bonchev–Trinajstić information content (AvgIpc) is 2.77. The lowest BCUT2D eigenvalue weighted by Crippen LogP contribution is -2.26. The molecule has 0 aliphatic carbocycles. The third-order valence-electron chi connectivity index (χ3n) is 5.26. The number of thioether (sulfide) groups is 2. The normalized spacial score (nSPS) is 14.7. The number of benzene rings is 1. The van der Waals surface area contributed by atoms with Crippen LogP contribution in [0.1, 0.15) is 53.4 Å². The fraction of sp³-hybridized carbons (Fsp3) is 0.478. The first-order valence-electron chi connectivity index (χ1n) is 10.1. The van der Waals surface area contributed by atoms with E-state index >= 15 is 0 Å². The highest BCUT2D eigenvalue weighted by Crippen LogP contribution is 2.52. The Labute approximate surface area is 182 Å². The van der Waals surface area contributed by atoms with Gasteiger partial charge in [-0.25, -0.2) is 4.79 Å². The van der Waals surface area contributed by atoms with Crippen LogP contribution in [0.4, 0.5) is 0 Å². The highest BCUT2D eigenvalue weighted by atomic mass is 32.2. The van der Waals surface area contributed by atoms with Gasteiger partial charge in [0.1, 0.15) is 5.75 Å². The number of fused-ring (bicyclic) bond motifs is 1. The molecular formula is C23H29NO3S2. The van der Waals surface area contributed by atoms with Gasteiger partial charge in [0, 0.05) is 23.9 Å². The molecule has 1 aromatic carbocycles. The van der Waals surface area contributed by atoms with E-state index in [0.717, 1.165) is 50.2 Å². The molecule has 0 unspecified atom stereocenters. The molecule has 6 heteroatoms. The minimum absolute atomic E-state index is 0.0711. The molecule has 1 aliphatic heterocycles. The second-order valence-corrected chi connectivity index (χ2v) is 9.59. The Hall–Kier alpha value is -1.66. The van der Waals surface area contributed by atoms with E-state index in [1.54, 1.807) is 6.20 Å². The molecule has 3 rings (SSSR count). The van der Waals surface area contributed by atoms with E-state index in [1.807, 2.05) is 35.7 Å². The number of pyridine rings is 1. The van der Waals surface area contributed by atoms with Crippen molar-refractivity contribution >= 4 is 29.5 Å². The van der Waals surface area contributed by atoms with Crippen molar-refractivity contribution < 1.29 is 14.3 Å². The molecule has 0 radical (unpaired) electrons. The summed E-state index contributed by atoms with van der Waals surface area (Å²) in [7, 11) is 0. The van der Waals surface area contributed by atoms with Gasteiger partial charge in [-0.3, -0.25) is 4.98 Å². The van der Waals surface area contributed by atoms with E-state index in [9.17, 15) is 4.79 Å². The monoisotopic (exact) mass is 431 g/mol. The number of esters is 1. The third-order valence-corrected chi connectivity index (χ3v) is 8.43. The molecule has 2 heterocycles. The van der Waals surface area contributed by atoms with E-state index < -0.39 is 0 Å². The lowest BCUT2D eigenvalue weighted by atomic mass is 9.99. The van der Waals surface area contributed by atoms with Gasteiger partial charge < -0.3 is 9.47 Å². The molecule has 0 spiro atoms. The molecule has 0 saturated heterocycles. The minimum atomic E-state index is -0.294. The minimum Gasteiger partial charge on any atom is -0.493 e. The quantitative estimate of drug-likeness (QED) is 0.297. The van der Waals surface area contributed by atoms with Crippen molar-refractivity contribution in [3.63, 3.8) is 0 Å². The summed E-state index contributed by atoms with van der Waals surface area (Å²) < 4.78 is 11.2. The average molecular weight is 432 g/mol. The van der Waals surface area contributed by atoms with Crippen LogP contribution in [0.25, 0.3) is 0 Å². The second-order valence-electron chi connectivity index (χ2n) is 7.12. The Morgan fingerprint density at radius 1 is 1.21 bits per heavy atom. The Bertz CT molecular complexity index is 819. The van der Waals surface area contributed by atoms with Crippen LogP contribution in [0.2, 0.25) is 0 Å². The smallest absolute Gasteiger partial charge is 0.339 e. The maximum absolute atomic E-state index is 12.0. The fourth-order valence-corrected chi connectivity index (χ4v) is 5.45. The van der Waals surface area contributed by atoms with Gasteiger partial charge in [0.25, 0.3) is 0 Å². The SMILES string of the molecule is CCCCOC(=O)c1ccc(CCc2ccc3c(c2)C(SC)(SC)CCO3)nc1. The van der Waals surface area contributed by atoms with Crippen LogP contribution in [0.5, 0.6) is 5.75 Å². The Morgan fingerprint density at radius 2 is 2.03 bits per heavy atom. The molecule has 0 amide bonds. The van der Waals surface area contributed by atoms with Crippen molar-refractivity contribution in [2.75, 3.05) is 25.7 Å². The zero-order valence-corrected chi connectivity index (χ0v) is 19.0. The molecule has 156 valence electrons. The van der Waals surface area contributed by atoms with Crippen molar-refractivity contribution in [3.8, 4) is 5.75 Å². The highest BCUT2D eigenvalue weighted by molar-refractivity contribution is 8.16. The third kappa shape index (κ3) is 5.28. The molecule has 29 heavy (non-hydrogen) atoms. The number of hydrogen-bond donors (Lipinski definition) is 0. The predicted molar refractivity (Wildman–Crippen MR) is 122 cm³/mol. The van der Waals surface area contributed by atoms with Crippen LogP contribution in [0, 0.1) is 0 Å². The van der Waals surface area contributed by atoms with Crippen molar-refractivity contribution in [2.45, 2.75) is 43.1 Å². The maximum Gasteiger partial charge on any atom is 0.339 e. The number of carbonyl (C=O) groups excluding carboxylic acids is 1. The predicted octanol–water partition coefficient (Wildman–Crippen LogP) is 5.49. The number of hydrogen-bond acceptors (Lipinski definition) is 6. The first-order valence-corrected chi connectivity index (χ1v) is 12.6. The summed E-state index contributed by atoms with van der Waals surface area (Å²) >= 11 is 3.79. The van der Waals surface area contributed by atoms with Gasteiger partial charge >= 0.3 is 5.97 Å². The molecule has 4 nitrogen and oxygen atoms in total. The number of unbranched alkanes of at least 4 members (excludes halogenated alkanes) is 1. The van der Waals surface area contributed by atoms with Gasteiger partial charge in [-0.2, -0.15) is 0 Å². The summed E-state index contributed by atoms with van der Waals surface area (Å²) in [6.45, 7) is 3.31. The van der Waals surface area contributed by atoms with Gasteiger partial charge in [-0.15, -0.1) is 23.5 Å². The van der Waals surface area contributed by atoms with E-state index in [0.29, 0.717) is 12.2 Å². The van der Waals surface area contributed by atoms with Crippen LogP contribution < -0.4 is 4.74 Å². The second kappa shape index (κ2) is 10.4. The molecule has 0 bridgehead atoms. The van der Waals surface area contributed by atoms with Crippen LogP contribution >= 0.6 is 23.5 Å². The molecule has 0 atom stereocenters. The fourth-order valence-electron chi connectivity index (χ4n) is 3.45. The maximum atomic E-state index is 12.0. The van der Waals surface area contributed by atoms with Crippen LogP contribution in [0.3, 0.4) is 0 Å². The number of ether oxygens (including phenoxy) is 2. The van der Waals surface area contributed by atoms with Crippen molar-refractivity contribution in [2.24, 2.45) is 0 Å². The van der Waals surface area contributed by atoms with Crippen molar-refractivity contribution in [1.29, 1.82) is 0 Å². The molecule has 0 fully saturated rings. The molecule has 1 aliphatic rings. The summed E-state index contributed by atoms with van der Waals surface area (Å²) in [6.07, 6.45) is 10.6. The Kier molecular flexibility index (Phi) is 7.90. The zero-order valence-electron chi connectivity index (χ0n) is 17.4. The first-order chi connectivity index (χ1) is 14.1. The largest absolute Gasteiger partial charge is 0.493 e. The molecule has 0 saturated carbocycles. The number of carbonyl (C=O) groups is 1. The summed E-state index contributed by atoms with van der Waals surface area (Å²) in [4.78, 5) is 16.4. The highest BCUT2D eigenvalue weighted by Gasteiger charge is 2.36. The first kappa shape index (κ1) is 22.0. The lowest BCUT2D eigenvalue weighted by Gasteiger charge is -2.36. The summed E-state index contributed by atoms with van der Waals surface area (Å²) in [5, 5.41) is 0. The summed E-state index contributed by atoms with van der Waals surface area (Å²) in [6, 6.07) is 10.3. The summed E-state index contributed by atoms with van der Waals surface area (Å²) in [5.41, 5.74) is 4.07. The Morgan fingerprint density at radius 3 is 2.72 bits per heavy atom. The topological polar surface area (TPSA) is 48.4 Å². The number of nitrogens with zero attached hydrogens (tertiary/aromatic N) is 1. The van der Waals surface area contributed by atoms with Gasteiger partial charge in [-0.05, 0) is 61.6 Å². The summed E-state index contributed by atoms with van der Waals surface area (Å²) in [5.74, 6) is 0.713. The molecule has 0 N–H and O–H groups in total. The van der Waals surface area contributed by atoms with Gasteiger partial charge in [0.2, 0.25) is 0 Å². The Balaban J connectivity index is 1.64. The standard InChI is InChI=1S/C23H29NO3S2/c1-4-5-13-27-22(25)18-8-10-19(24-16-18)9-6-17-7-11-21-20(15-17)23(28-2,29-3)12-14-26-21/h7-8,10-11,15-16H,4-6,9,12-14H2,1-3H3. The number of rotatable bonds is 9. The van der Waals surface area contributed by atoms with Gasteiger partial charge in [0.05, 0.1) is 22.9 Å². The zero-order chi connectivity index (χ0) is 20.7. The number of aromatic nitrogens is 1. The van der Waals surface area contributed by atoms with Crippen LogP contribution in [-0.4, -0.2) is 36.7 Å².